The number of nitrogens with zero attached hydrogens (tertiary/aromatic N) is 4. The van der Waals surface area contributed by atoms with Crippen molar-refractivity contribution in [2.24, 2.45) is 56.7 Å². The number of hydrogen-bond acceptors (Lipinski definition) is 18. The van der Waals surface area contributed by atoms with Gasteiger partial charge in [-0.05, 0) is 143 Å². The fourth-order valence-corrected chi connectivity index (χ4v) is 17.7. The van der Waals surface area contributed by atoms with Crippen molar-refractivity contribution in [2.45, 2.75) is 157 Å². The van der Waals surface area contributed by atoms with Crippen LogP contribution in [0.15, 0.2) is 45.5 Å². The molecule has 11 atom stereocenters. The van der Waals surface area contributed by atoms with Gasteiger partial charge in [0.15, 0.2) is 17.6 Å². The summed E-state index contributed by atoms with van der Waals surface area (Å²) in [7, 11) is 1.62. The topological polar surface area (TPSA) is 282 Å². The average molecular weight is 1290 g/mol. The number of hydrogen-bond donors (Lipinski definition) is 5. The number of likely N-dealkylation sites (N-methyl/N-ethyl adjacent to an activating group) is 1. The summed E-state index contributed by atoms with van der Waals surface area (Å²) in [4.78, 5) is 103. The number of ether oxygens (including phenoxy) is 5. The highest BCUT2D eigenvalue weighted by Crippen LogP contribution is 2.68. The number of amides is 4. The number of benzene rings is 1. The van der Waals surface area contributed by atoms with Gasteiger partial charge in [0.05, 0.1) is 75.3 Å². The number of fused-ring (bicyclic) bond motifs is 6. The summed E-state index contributed by atoms with van der Waals surface area (Å²) in [5.41, 5.74) is 1.53. The van der Waals surface area contributed by atoms with Gasteiger partial charge >= 0.3 is 12.1 Å². The van der Waals surface area contributed by atoms with E-state index >= 15 is 0 Å². The second-order valence-corrected chi connectivity index (χ2v) is 29.1. The molecule has 1 aromatic carbocycles. The molecule has 1 aliphatic heterocycles. The summed E-state index contributed by atoms with van der Waals surface area (Å²) in [5.74, 6) is 1.51. The third kappa shape index (κ3) is 17.2. The van der Waals surface area contributed by atoms with E-state index in [0.717, 1.165) is 51.4 Å². The maximum absolute atomic E-state index is 13.8. The normalized spacial score (nSPS) is 27.0. The maximum Gasteiger partial charge on any atom is 0.415 e. The number of carbonyl (C=O) groups excluding carboxylic acids is 6. The molecule has 1 aromatic heterocycles. The molecule has 90 heavy (non-hydrogen) atoms. The Morgan fingerprint density at radius 3 is 2.09 bits per heavy atom. The Morgan fingerprint density at radius 2 is 1.41 bits per heavy atom. The van der Waals surface area contributed by atoms with Crippen molar-refractivity contribution in [3.05, 3.63) is 45.5 Å². The lowest BCUT2D eigenvalue weighted by Gasteiger charge is -2.62. The van der Waals surface area contributed by atoms with Crippen LogP contribution in [-0.4, -0.2) is 193 Å². The van der Waals surface area contributed by atoms with Crippen LogP contribution in [0.1, 0.15) is 144 Å². The van der Waals surface area contributed by atoms with Crippen LogP contribution in [0.5, 0.6) is 5.75 Å². The molecule has 4 saturated carbocycles. The summed E-state index contributed by atoms with van der Waals surface area (Å²) in [6.45, 7) is 19.1. The summed E-state index contributed by atoms with van der Waals surface area (Å²) >= 11 is 2.64. The Hall–Kier alpha value is -5.14. The molecular weight excluding hydrogens is 1190 g/mol. The van der Waals surface area contributed by atoms with Gasteiger partial charge in [0.25, 0.3) is 0 Å². The van der Waals surface area contributed by atoms with Gasteiger partial charge < -0.3 is 59.4 Å². The molecule has 5 aliphatic carbocycles. The molecule has 23 heteroatoms. The second kappa shape index (κ2) is 31.7. The predicted molar refractivity (Wildman–Crippen MR) is 344 cm³/mol. The van der Waals surface area contributed by atoms with Crippen molar-refractivity contribution in [1.29, 1.82) is 0 Å². The number of aromatic nitrogens is 1. The van der Waals surface area contributed by atoms with E-state index in [1.807, 2.05) is 0 Å². The molecule has 21 nitrogen and oxygen atoms in total. The quantitative estimate of drug-likeness (QED) is 0.0341. The lowest BCUT2D eigenvalue weighted by Crippen LogP contribution is -2.58. The van der Waals surface area contributed by atoms with E-state index in [1.54, 1.807) is 59.9 Å². The van der Waals surface area contributed by atoms with Gasteiger partial charge in [0.2, 0.25) is 17.7 Å². The minimum Gasteiger partial charge on any atom is -0.480 e. The number of carbonyl (C=O) groups is 7. The van der Waals surface area contributed by atoms with Crippen LogP contribution in [0.3, 0.4) is 0 Å². The van der Waals surface area contributed by atoms with E-state index in [1.165, 1.54) is 39.3 Å². The third-order valence-electron chi connectivity index (χ3n) is 20.9. The van der Waals surface area contributed by atoms with Crippen LogP contribution in [0, 0.1) is 51.8 Å². The molecule has 498 valence electrons. The Labute approximate surface area is 538 Å². The van der Waals surface area contributed by atoms with Crippen LogP contribution in [0.4, 0.5) is 4.79 Å². The Morgan fingerprint density at radius 1 is 0.778 bits per heavy atom. The first-order valence-electron chi connectivity index (χ1n) is 32.6. The summed E-state index contributed by atoms with van der Waals surface area (Å²) in [6.07, 6.45) is 9.15. The molecular formula is C67H98N6O15S2. The van der Waals surface area contributed by atoms with Crippen LogP contribution >= 0.6 is 23.1 Å². The molecule has 4 fully saturated rings. The fourth-order valence-electron chi connectivity index (χ4n) is 15.6. The minimum atomic E-state index is -0.996. The number of thiazole rings is 1. The molecule has 0 radical (unpaired) electrons. The van der Waals surface area contributed by atoms with Crippen LogP contribution in [0.25, 0.3) is 10.2 Å². The summed E-state index contributed by atoms with van der Waals surface area (Å²) < 4.78 is 29.3. The zero-order chi connectivity index (χ0) is 65.1. The number of carboxylic acid groups (broad SMARTS) is 1. The van der Waals surface area contributed by atoms with Gasteiger partial charge in [0, 0.05) is 98.6 Å². The number of thioether (sulfide) groups is 1. The number of ketones is 2. The fraction of sp³-hybridized carbons (Fsp3) is 0.716. The van der Waals surface area contributed by atoms with Gasteiger partial charge in [-0.15, -0.1) is 23.1 Å². The van der Waals surface area contributed by atoms with Crippen molar-refractivity contribution in [3.8, 4) is 5.75 Å². The lowest BCUT2D eigenvalue weighted by atomic mass is 9.43. The number of nitrogens with one attached hydrogen (secondary N) is 2. The smallest absolute Gasteiger partial charge is 0.415 e. The van der Waals surface area contributed by atoms with Crippen LogP contribution in [0.2, 0.25) is 0 Å². The van der Waals surface area contributed by atoms with E-state index in [2.05, 4.69) is 41.4 Å². The number of Topliss-reactive ketones (excluding diaryl/α,β-unsaturated/α-hetero) is 2. The largest absolute Gasteiger partial charge is 0.480 e. The minimum absolute atomic E-state index is 0.0442. The molecule has 8 rings (SSSR count). The first-order chi connectivity index (χ1) is 42.8. The molecule has 0 saturated heterocycles. The highest BCUT2D eigenvalue weighted by molar-refractivity contribution is 8.15. The van der Waals surface area contributed by atoms with E-state index in [0.29, 0.717) is 136 Å². The molecule has 2 aromatic rings. The van der Waals surface area contributed by atoms with E-state index in [-0.39, 0.29) is 117 Å². The molecule has 4 amide bonds. The van der Waals surface area contributed by atoms with Crippen molar-refractivity contribution < 1.29 is 72.6 Å². The lowest BCUT2D eigenvalue weighted by molar-refractivity contribution is -0.174. The molecule has 1 unspecified atom stereocenters. The molecule has 5 N–H and O–H groups in total. The first kappa shape index (κ1) is 70.7. The van der Waals surface area contributed by atoms with Crippen molar-refractivity contribution in [1.82, 2.24) is 25.4 Å². The summed E-state index contributed by atoms with van der Waals surface area (Å²) in [5, 5.41) is 38.5. The number of aliphatic imine (C=N–C) groups is 1. The second-order valence-electron chi connectivity index (χ2n) is 27.1. The summed E-state index contributed by atoms with van der Waals surface area (Å²) in [6, 6.07) is 4.18. The first-order valence-corrected chi connectivity index (χ1v) is 34.4. The van der Waals surface area contributed by atoms with E-state index in [4.69, 9.17) is 23.7 Å². The Bertz CT molecular complexity index is 3020. The standard InChI is InChI=1S/C67H98N6O15S2/c1-40(47-13-14-48-57-49(18-21-67(47,48)8)66(7)20-17-45(74)35-44(66)36-52(57)75)11-16-54(76)68-22-10-23-69-55(77)19-27-84-29-31-86-33-34-87-32-30-85-28-26-73(25-24-72(9)56(78)38-65(5,6)58-43(4)59(79)41(2)42(3)60(58)80)64(83)88-46-12-15-50-53(37-46)90-62(70-50)61-71-51(39-89-61)63(81)82/h12,15,37,40,44-45,47-49,51-52,57,74-75H,10-11,13-14,16-36,38-39H2,1-9H3,(H,68,76)(H,69,77)(H,81,82)/t40-,44+,45-,47-,48+,49+,51?,52-,57+,66+,67-/m0/s1. The van der Waals surface area contributed by atoms with Crippen molar-refractivity contribution >= 4 is 79.7 Å². The predicted octanol–water partition coefficient (Wildman–Crippen LogP) is 8.21. The van der Waals surface area contributed by atoms with E-state index < -0.39 is 23.5 Å². The van der Waals surface area contributed by atoms with Crippen molar-refractivity contribution in [3.63, 3.8) is 0 Å². The van der Waals surface area contributed by atoms with Gasteiger partial charge in [-0.2, -0.15) is 0 Å². The van der Waals surface area contributed by atoms with Crippen LogP contribution in [-0.2, 0) is 47.7 Å². The molecule has 0 spiro atoms. The van der Waals surface area contributed by atoms with E-state index in [9.17, 15) is 48.9 Å². The van der Waals surface area contributed by atoms with Gasteiger partial charge in [-0.1, -0.05) is 34.6 Å². The zero-order valence-corrected chi connectivity index (χ0v) is 56.0. The highest BCUT2D eigenvalue weighted by atomic mass is 32.2. The number of aliphatic carboxylic acids is 1. The number of carboxylic acids is 1. The average Bonchev–Trinajstić information content (AvgIpc) is 1.31. The number of allylic oxidation sites excluding steroid dienone is 4. The molecule has 6 aliphatic rings. The molecule has 0 bridgehead atoms. The van der Waals surface area contributed by atoms with Crippen molar-refractivity contribution in [2.75, 3.05) is 98.4 Å². The Balaban J connectivity index is 0.667. The monoisotopic (exact) mass is 1290 g/mol. The Kier molecular flexibility index (Phi) is 24.9. The third-order valence-corrected chi connectivity index (χ3v) is 23.1. The zero-order valence-electron chi connectivity index (χ0n) is 54.4. The van der Waals surface area contributed by atoms with Gasteiger partial charge in [0.1, 0.15) is 15.8 Å². The highest BCUT2D eigenvalue weighted by Gasteiger charge is 2.63. The number of aliphatic hydroxyl groups excluding tert-OH is 2. The SMILES string of the molecule is CC1=C(C)C(=O)C(C(C)(C)CC(=O)N(C)CCN(CCOCCOCCOCCOCCC(=O)NCCCNC(=O)CC[C@H](C)[C@@H]2CC[C@@H]3[C@@H]4[C@@H](CC[C@]32C)[C@]2(C)CC[C@H](O)C[C@@H]2C[C@@H]4O)C(=O)Oc2ccc3nc(C4=NC(C(=O)O)CS4)sc3c2)=C(C)C1=O. The molecule has 2 heterocycles. The maximum atomic E-state index is 13.8. The van der Waals surface area contributed by atoms with Gasteiger partial charge in [-0.25, -0.2) is 14.6 Å². The number of aliphatic hydroxyl groups is 2. The van der Waals surface area contributed by atoms with Crippen LogP contribution < -0.4 is 15.4 Å². The number of rotatable bonds is 32. The van der Waals surface area contributed by atoms with Gasteiger partial charge in [-0.3, -0.25) is 29.0 Å².